The number of aliphatic imine (C=N–C) groups is 1. The van der Waals surface area contributed by atoms with Crippen molar-refractivity contribution in [2.75, 3.05) is 0 Å². The van der Waals surface area contributed by atoms with Gasteiger partial charge in [0.1, 0.15) is 5.82 Å². The highest BCUT2D eigenvalue weighted by molar-refractivity contribution is 9.10. The molecular formula is C9H7BrFNO. The molecule has 0 unspecified atom stereocenters. The second-order valence-electron chi connectivity index (χ2n) is 2.63. The average Bonchev–Trinajstić information content (AvgIpc) is 2.09. The Bertz CT molecular complexity index is 372. The summed E-state index contributed by atoms with van der Waals surface area (Å²) in [4.78, 5) is 13.2. The molecular weight excluding hydrogens is 237 g/mol. The summed E-state index contributed by atoms with van der Waals surface area (Å²) in [5.41, 5.74) is 1.32. The molecule has 0 radical (unpaired) electrons. The fourth-order valence-corrected chi connectivity index (χ4v) is 1.64. The third kappa shape index (κ3) is 2.47. The Morgan fingerprint density at radius 1 is 1.62 bits per heavy atom. The van der Waals surface area contributed by atoms with Crippen molar-refractivity contribution in [3.8, 4) is 0 Å². The number of rotatable bonds is 2. The van der Waals surface area contributed by atoms with E-state index in [0.717, 1.165) is 5.56 Å². The maximum absolute atomic E-state index is 13.3. The van der Waals surface area contributed by atoms with Crippen LogP contribution in [-0.4, -0.2) is 6.08 Å². The van der Waals surface area contributed by atoms with Crippen molar-refractivity contribution < 1.29 is 9.18 Å². The van der Waals surface area contributed by atoms with Crippen LogP contribution in [0.15, 0.2) is 21.6 Å². The first-order valence-electron chi connectivity index (χ1n) is 3.63. The van der Waals surface area contributed by atoms with E-state index in [1.165, 1.54) is 6.08 Å². The molecule has 0 amide bonds. The Kier molecular flexibility index (Phi) is 3.34. The van der Waals surface area contributed by atoms with Gasteiger partial charge in [-0.3, -0.25) is 0 Å². The van der Waals surface area contributed by atoms with E-state index < -0.39 is 0 Å². The number of aryl methyl sites for hydroxylation is 1. The van der Waals surface area contributed by atoms with Gasteiger partial charge in [-0.1, -0.05) is 6.07 Å². The maximum atomic E-state index is 13.3. The van der Waals surface area contributed by atoms with E-state index in [4.69, 9.17) is 0 Å². The number of hydrogen-bond acceptors (Lipinski definition) is 2. The van der Waals surface area contributed by atoms with Gasteiger partial charge in [-0.15, -0.1) is 0 Å². The molecule has 0 aliphatic heterocycles. The van der Waals surface area contributed by atoms with E-state index in [2.05, 4.69) is 20.9 Å². The Hall–Kier alpha value is -0.990. The Balaban J connectivity index is 3.12. The molecule has 1 rings (SSSR count). The van der Waals surface area contributed by atoms with E-state index in [0.29, 0.717) is 10.0 Å². The van der Waals surface area contributed by atoms with Crippen LogP contribution in [0.5, 0.6) is 0 Å². The molecule has 0 atom stereocenters. The van der Waals surface area contributed by atoms with Crippen LogP contribution in [0.1, 0.15) is 11.1 Å². The molecule has 0 heterocycles. The molecule has 68 valence electrons. The van der Waals surface area contributed by atoms with E-state index in [-0.39, 0.29) is 12.4 Å². The summed E-state index contributed by atoms with van der Waals surface area (Å²) < 4.78 is 13.7. The minimum absolute atomic E-state index is 0.0373. The van der Waals surface area contributed by atoms with Crippen LogP contribution >= 0.6 is 15.9 Å². The lowest BCUT2D eigenvalue weighted by Gasteiger charge is -2.02. The molecule has 4 heteroatoms. The highest BCUT2D eigenvalue weighted by Crippen LogP contribution is 2.21. The molecule has 0 saturated heterocycles. The van der Waals surface area contributed by atoms with Crippen molar-refractivity contribution in [2.24, 2.45) is 4.99 Å². The summed E-state index contributed by atoms with van der Waals surface area (Å²) in [5.74, 6) is -0.371. The lowest BCUT2D eigenvalue weighted by Crippen LogP contribution is -1.91. The van der Waals surface area contributed by atoms with Gasteiger partial charge in [-0.25, -0.2) is 14.2 Å². The zero-order valence-electron chi connectivity index (χ0n) is 6.97. The van der Waals surface area contributed by atoms with Gasteiger partial charge < -0.3 is 0 Å². The van der Waals surface area contributed by atoms with Gasteiger partial charge >= 0.3 is 0 Å². The molecule has 0 N–H and O–H groups in total. The smallest absolute Gasteiger partial charge is 0.211 e. The minimum atomic E-state index is -0.371. The molecule has 0 aliphatic carbocycles. The van der Waals surface area contributed by atoms with Crippen LogP contribution in [-0.2, 0) is 11.3 Å². The standard InChI is InChI=1S/C9H7BrFNO/c1-6-2-7(4-12-5-13)9(11)8(10)3-6/h2-3H,4H2,1H3. The van der Waals surface area contributed by atoms with Crippen LogP contribution in [0.25, 0.3) is 0 Å². The van der Waals surface area contributed by atoms with Crippen molar-refractivity contribution in [2.45, 2.75) is 13.5 Å². The summed E-state index contributed by atoms with van der Waals surface area (Å²) in [6.07, 6.45) is 1.38. The largest absolute Gasteiger partial charge is 0.235 e. The SMILES string of the molecule is Cc1cc(Br)c(F)c(CN=C=O)c1. The minimum Gasteiger partial charge on any atom is -0.211 e. The number of benzene rings is 1. The number of isocyanates is 1. The monoisotopic (exact) mass is 243 g/mol. The molecule has 0 spiro atoms. The van der Waals surface area contributed by atoms with Gasteiger partial charge in [0, 0.05) is 5.56 Å². The number of hydrogen-bond donors (Lipinski definition) is 0. The van der Waals surface area contributed by atoms with Crippen molar-refractivity contribution in [3.05, 3.63) is 33.5 Å². The van der Waals surface area contributed by atoms with Gasteiger partial charge in [0.05, 0.1) is 11.0 Å². The van der Waals surface area contributed by atoms with Crippen molar-refractivity contribution in [3.63, 3.8) is 0 Å². The van der Waals surface area contributed by atoms with Crippen molar-refractivity contribution >= 4 is 22.0 Å². The van der Waals surface area contributed by atoms with Crippen LogP contribution in [0.3, 0.4) is 0 Å². The summed E-state index contributed by atoms with van der Waals surface area (Å²) in [6.45, 7) is 1.88. The van der Waals surface area contributed by atoms with E-state index in [9.17, 15) is 9.18 Å². The lowest BCUT2D eigenvalue weighted by molar-refractivity contribution is 0.561. The Morgan fingerprint density at radius 3 is 2.92 bits per heavy atom. The molecule has 2 nitrogen and oxygen atoms in total. The third-order valence-electron chi connectivity index (χ3n) is 1.56. The second kappa shape index (κ2) is 4.30. The van der Waals surface area contributed by atoms with Gasteiger partial charge in [0.25, 0.3) is 0 Å². The van der Waals surface area contributed by atoms with Crippen molar-refractivity contribution in [1.29, 1.82) is 0 Å². The van der Waals surface area contributed by atoms with Gasteiger partial charge in [0.2, 0.25) is 6.08 Å². The highest BCUT2D eigenvalue weighted by Gasteiger charge is 2.06. The first-order valence-corrected chi connectivity index (χ1v) is 4.42. The Morgan fingerprint density at radius 2 is 2.31 bits per heavy atom. The molecule has 1 aromatic rings. The number of nitrogens with zero attached hydrogens (tertiary/aromatic N) is 1. The summed E-state index contributed by atoms with van der Waals surface area (Å²) in [5, 5.41) is 0. The van der Waals surface area contributed by atoms with E-state index in [1.807, 2.05) is 6.92 Å². The highest BCUT2D eigenvalue weighted by atomic mass is 79.9. The predicted octanol–water partition coefficient (Wildman–Crippen LogP) is 2.73. The first-order chi connectivity index (χ1) is 6.15. The van der Waals surface area contributed by atoms with E-state index >= 15 is 0 Å². The maximum Gasteiger partial charge on any atom is 0.235 e. The number of halogens is 2. The molecule has 0 saturated carbocycles. The molecule has 0 bridgehead atoms. The molecule has 0 aromatic heterocycles. The van der Waals surface area contributed by atoms with Crippen LogP contribution in [0, 0.1) is 12.7 Å². The lowest BCUT2D eigenvalue weighted by atomic mass is 10.1. The Labute approximate surface area is 83.6 Å². The van der Waals surface area contributed by atoms with E-state index in [1.54, 1.807) is 12.1 Å². The third-order valence-corrected chi connectivity index (χ3v) is 2.14. The van der Waals surface area contributed by atoms with Crippen LogP contribution in [0.2, 0.25) is 0 Å². The average molecular weight is 244 g/mol. The quantitative estimate of drug-likeness (QED) is 0.581. The first kappa shape index (κ1) is 10.1. The fraction of sp³-hybridized carbons (Fsp3) is 0.222. The molecule has 0 fully saturated rings. The summed E-state index contributed by atoms with van der Waals surface area (Å²) in [6, 6.07) is 3.32. The predicted molar refractivity (Wildman–Crippen MR) is 50.7 cm³/mol. The summed E-state index contributed by atoms with van der Waals surface area (Å²) in [7, 11) is 0. The second-order valence-corrected chi connectivity index (χ2v) is 3.48. The van der Waals surface area contributed by atoms with Gasteiger partial charge in [0.15, 0.2) is 0 Å². The molecule has 13 heavy (non-hydrogen) atoms. The van der Waals surface area contributed by atoms with Gasteiger partial charge in [-0.05, 0) is 34.5 Å². The van der Waals surface area contributed by atoms with Crippen LogP contribution in [0.4, 0.5) is 4.39 Å². The van der Waals surface area contributed by atoms with Crippen LogP contribution < -0.4 is 0 Å². The fourth-order valence-electron chi connectivity index (χ4n) is 1.03. The normalized spacial score (nSPS) is 9.46. The topological polar surface area (TPSA) is 29.4 Å². The zero-order chi connectivity index (χ0) is 9.84. The number of carbonyl (C=O) groups excluding carboxylic acids is 1. The molecule has 0 aliphatic rings. The summed E-state index contributed by atoms with van der Waals surface area (Å²) >= 11 is 3.07. The molecule has 1 aromatic carbocycles. The van der Waals surface area contributed by atoms with Crippen molar-refractivity contribution in [1.82, 2.24) is 0 Å². The van der Waals surface area contributed by atoms with Gasteiger partial charge in [-0.2, -0.15) is 0 Å². The zero-order valence-corrected chi connectivity index (χ0v) is 8.56.